The van der Waals surface area contributed by atoms with E-state index in [9.17, 15) is 13.2 Å². The van der Waals surface area contributed by atoms with Gasteiger partial charge in [0.1, 0.15) is 10.6 Å². The second-order valence-corrected chi connectivity index (χ2v) is 7.18. The van der Waals surface area contributed by atoms with E-state index >= 15 is 0 Å². The molecule has 0 aliphatic rings. The Morgan fingerprint density at radius 3 is 2.57 bits per heavy atom. The van der Waals surface area contributed by atoms with E-state index in [1.807, 2.05) is 20.8 Å². The number of hydrogen-bond acceptors (Lipinski definition) is 4. The zero-order valence-electron chi connectivity index (χ0n) is 12.1. The number of primary sulfonamides is 1. The molecule has 0 bridgehead atoms. The maximum absolute atomic E-state index is 11.8. The van der Waals surface area contributed by atoms with Gasteiger partial charge in [-0.2, -0.15) is 0 Å². The zero-order chi connectivity index (χ0) is 16.3. The molecule has 0 radical (unpaired) electrons. The molecule has 1 aromatic rings. The summed E-state index contributed by atoms with van der Waals surface area (Å²) in [4.78, 5) is 11.5. The summed E-state index contributed by atoms with van der Waals surface area (Å²) in [5.74, 6) is -0.358. The number of nitrogens with two attached hydrogens (primary N) is 1. The first-order valence-corrected chi connectivity index (χ1v) is 8.24. The lowest BCUT2D eigenvalue weighted by molar-refractivity contribution is -0.124. The molecular formula is C13H19ClN2O4S. The van der Waals surface area contributed by atoms with Crippen LogP contribution in [0.5, 0.6) is 5.75 Å². The van der Waals surface area contributed by atoms with Crippen molar-refractivity contribution >= 4 is 27.5 Å². The second kappa shape index (κ2) is 6.64. The average molecular weight is 335 g/mol. The number of halogens is 1. The predicted octanol–water partition coefficient (Wildman–Crippen LogP) is 1.67. The molecule has 0 aliphatic carbocycles. The van der Waals surface area contributed by atoms with Crippen LogP contribution in [-0.4, -0.2) is 26.5 Å². The minimum Gasteiger partial charge on any atom is -0.482 e. The predicted molar refractivity (Wildman–Crippen MR) is 80.8 cm³/mol. The largest absolute Gasteiger partial charge is 0.482 e. The Balaban J connectivity index is 2.84. The van der Waals surface area contributed by atoms with E-state index in [1.54, 1.807) is 0 Å². The van der Waals surface area contributed by atoms with Gasteiger partial charge >= 0.3 is 0 Å². The highest BCUT2D eigenvalue weighted by molar-refractivity contribution is 7.89. The Bertz CT molecular complexity index is 629. The summed E-state index contributed by atoms with van der Waals surface area (Å²) in [5, 5.41) is 8.08. The van der Waals surface area contributed by atoms with Gasteiger partial charge in [-0.05, 0) is 38.5 Å². The summed E-state index contributed by atoms with van der Waals surface area (Å²) in [6, 6.07) is 4.00. The van der Waals surface area contributed by atoms with Gasteiger partial charge in [0.15, 0.2) is 6.61 Å². The maximum Gasteiger partial charge on any atom is 0.258 e. The lowest BCUT2D eigenvalue weighted by Crippen LogP contribution is -2.45. The van der Waals surface area contributed by atoms with E-state index in [0.717, 1.165) is 6.42 Å². The molecule has 1 aromatic carbocycles. The van der Waals surface area contributed by atoms with Crippen LogP contribution >= 0.6 is 11.6 Å². The van der Waals surface area contributed by atoms with Crippen LogP contribution in [0.2, 0.25) is 5.02 Å². The first kappa shape index (κ1) is 17.7. The number of carbonyl (C=O) groups excluding carboxylic acids is 1. The van der Waals surface area contributed by atoms with Gasteiger partial charge in [-0.25, -0.2) is 13.6 Å². The fraction of sp³-hybridized carbons (Fsp3) is 0.462. The summed E-state index contributed by atoms with van der Waals surface area (Å²) >= 11 is 5.74. The normalized spacial score (nSPS) is 12.0. The van der Waals surface area contributed by atoms with E-state index in [4.69, 9.17) is 21.5 Å². The number of sulfonamides is 1. The van der Waals surface area contributed by atoms with Gasteiger partial charge in [-0.1, -0.05) is 18.5 Å². The van der Waals surface area contributed by atoms with E-state index < -0.39 is 10.0 Å². The lowest BCUT2D eigenvalue weighted by Gasteiger charge is -2.24. The highest BCUT2D eigenvalue weighted by Gasteiger charge is 2.20. The van der Waals surface area contributed by atoms with Crippen LogP contribution in [0.1, 0.15) is 27.2 Å². The summed E-state index contributed by atoms with van der Waals surface area (Å²) in [5.41, 5.74) is -0.358. The number of amides is 1. The lowest BCUT2D eigenvalue weighted by atomic mass is 10.0. The number of ether oxygens (including phenoxy) is 1. The molecule has 8 heteroatoms. The molecule has 0 aromatic heterocycles. The van der Waals surface area contributed by atoms with Crippen molar-refractivity contribution in [3.05, 3.63) is 23.2 Å². The molecule has 0 saturated carbocycles. The molecule has 3 N–H and O–H groups in total. The Labute approximate surface area is 129 Å². The zero-order valence-corrected chi connectivity index (χ0v) is 13.7. The van der Waals surface area contributed by atoms with Crippen molar-refractivity contribution in [3.8, 4) is 5.75 Å². The van der Waals surface area contributed by atoms with Crippen molar-refractivity contribution < 1.29 is 17.9 Å². The van der Waals surface area contributed by atoms with E-state index in [0.29, 0.717) is 0 Å². The summed E-state index contributed by atoms with van der Waals surface area (Å²) < 4.78 is 28.2. The van der Waals surface area contributed by atoms with E-state index in [-0.39, 0.29) is 33.7 Å². The van der Waals surface area contributed by atoms with Crippen LogP contribution in [0.3, 0.4) is 0 Å². The van der Waals surface area contributed by atoms with Crippen molar-refractivity contribution in [1.29, 1.82) is 0 Å². The molecule has 1 amide bonds. The maximum atomic E-state index is 11.8. The standard InChI is InChI=1S/C13H19ClN2O4S/c1-4-13(2,3)16-12(17)8-20-10-6-5-9(14)7-11(10)21(15,18)19/h5-7H,4,8H2,1-3H3,(H,16,17)(H2,15,18,19). The highest BCUT2D eigenvalue weighted by atomic mass is 35.5. The molecule has 0 atom stereocenters. The van der Waals surface area contributed by atoms with Gasteiger partial charge in [0.05, 0.1) is 0 Å². The fourth-order valence-corrected chi connectivity index (χ4v) is 2.40. The van der Waals surface area contributed by atoms with E-state index in [1.165, 1.54) is 18.2 Å². The van der Waals surface area contributed by atoms with Crippen molar-refractivity contribution in [2.75, 3.05) is 6.61 Å². The third kappa shape index (κ3) is 5.53. The molecular weight excluding hydrogens is 316 g/mol. The quantitative estimate of drug-likeness (QED) is 0.826. The van der Waals surface area contributed by atoms with Gasteiger partial charge in [0, 0.05) is 10.6 Å². The average Bonchev–Trinajstić information content (AvgIpc) is 2.35. The summed E-state index contributed by atoms with van der Waals surface area (Å²) in [6.45, 7) is 5.39. The van der Waals surface area contributed by atoms with Crippen LogP contribution in [-0.2, 0) is 14.8 Å². The van der Waals surface area contributed by atoms with Gasteiger partial charge in [0.25, 0.3) is 5.91 Å². The van der Waals surface area contributed by atoms with Crippen molar-refractivity contribution in [3.63, 3.8) is 0 Å². The molecule has 0 aliphatic heterocycles. The first-order chi connectivity index (χ1) is 9.55. The van der Waals surface area contributed by atoms with Crippen LogP contribution in [0.4, 0.5) is 0 Å². The van der Waals surface area contributed by atoms with Crippen LogP contribution in [0, 0.1) is 0 Å². The molecule has 0 spiro atoms. The Kier molecular flexibility index (Phi) is 5.61. The Morgan fingerprint density at radius 1 is 1.43 bits per heavy atom. The first-order valence-electron chi connectivity index (χ1n) is 6.31. The number of rotatable bonds is 6. The van der Waals surface area contributed by atoms with Gasteiger partial charge < -0.3 is 10.1 Å². The molecule has 0 fully saturated rings. The van der Waals surface area contributed by atoms with Gasteiger partial charge in [-0.15, -0.1) is 0 Å². The molecule has 1 rings (SSSR count). The number of carbonyl (C=O) groups is 1. The Morgan fingerprint density at radius 2 is 2.05 bits per heavy atom. The number of hydrogen-bond donors (Lipinski definition) is 2. The molecule has 0 unspecified atom stereocenters. The van der Waals surface area contributed by atoms with Crippen LogP contribution in [0.25, 0.3) is 0 Å². The fourth-order valence-electron chi connectivity index (χ4n) is 1.47. The minimum absolute atomic E-state index is 0.00801. The smallest absolute Gasteiger partial charge is 0.258 e. The molecule has 6 nitrogen and oxygen atoms in total. The minimum atomic E-state index is -3.98. The molecule has 118 valence electrons. The molecule has 21 heavy (non-hydrogen) atoms. The third-order valence-electron chi connectivity index (χ3n) is 2.93. The highest BCUT2D eigenvalue weighted by Crippen LogP contribution is 2.26. The SMILES string of the molecule is CCC(C)(C)NC(=O)COc1ccc(Cl)cc1S(N)(=O)=O. The molecule has 0 saturated heterocycles. The Hall–Kier alpha value is -1.31. The van der Waals surface area contributed by atoms with Gasteiger partial charge in [-0.3, -0.25) is 4.79 Å². The number of nitrogens with one attached hydrogen (secondary N) is 1. The summed E-state index contributed by atoms with van der Waals surface area (Å²) in [6.07, 6.45) is 0.752. The van der Waals surface area contributed by atoms with E-state index in [2.05, 4.69) is 5.32 Å². The van der Waals surface area contributed by atoms with Crippen LogP contribution in [0.15, 0.2) is 23.1 Å². The van der Waals surface area contributed by atoms with Gasteiger partial charge in [0.2, 0.25) is 10.0 Å². The summed E-state index contributed by atoms with van der Waals surface area (Å²) in [7, 11) is -3.98. The van der Waals surface area contributed by atoms with Crippen molar-refractivity contribution in [2.24, 2.45) is 5.14 Å². The second-order valence-electron chi connectivity index (χ2n) is 5.21. The van der Waals surface area contributed by atoms with Crippen LogP contribution < -0.4 is 15.2 Å². The van der Waals surface area contributed by atoms with Crippen molar-refractivity contribution in [2.45, 2.75) is 37.6 Å². The third-order valence-corrected chi connectivity index (χ3v) is 4.10. The monoisotopic (exact) mass is 334 g/mol. The number of benzene rings is 1. The molecule has 0 heterocycles. The topological polar surface area (TPSA) is 98.5 Å². The van der Waals surface area contributed by atoms with Crippen molar-refractivity contribution in [1.82, 2.24) is 5.32 Å².